The molecule has 3 rings (SSSR count). The largest absolute Gasteiger partial charge is 0.489 e. The van der Waals surface area contributed by atoms with E-state index in [-0.39, 0.29) is 0 Å². The van der Waals surface area contributed by atoms with E-state index < -0.39 is 11.8 Å². The lowest BCUT2D eigenvalue weighted by atomic mass is 10.1. The molecule has 0 saturated heterocycles. The van der Waals surface area contributed by atoms with Gasteiger partial charge < -0.3 is 4.74 Å². The van der Waals surface area contributed by atoms with Gasteiger partial charge in [-0.3, -0.25) is 20.4 Å². The molecule has 0 fully saturated rings. The number of benzene rings is 3. The Kier molecular flexibility index (Phi) is 6.45. The van der Waals surface area contributed by atoms with Crippen LogP contribution in [0, 0.1) is 6.92 Å². The summed E-state index contributed by atoms with van der Waals surface area (Å²) >= 11 is 3.39. The number of nitrogens with one attached hydrogen (secondary N) is 2. The first-order valence-corrected chi connectivity index (χ1v) is 9.46. The Balaban J connectivity index is 1.52. The second-order valence-electron chi connectivity index (χ2n) is 6.17. The SMILES string of the molecule is Cc1ccc(C(=O)NNC(=O)c2ccc(OCc3ccccc3)cc2)cc1Br. The molecular formula is C22H19BrN2O3. The summed E-state index contributed by atoms with van der Waals surface area (Å²) in [5, 5.41) is 0. The second kappa shape index (κ2) is 9.19. The van der Waals surface area contributed by atoms with Gasteiger partial charge in [-0.1, -0.05) is 52.3 Å². The topological polar surface area (TPSA) is 67.4 Å². The lowest BCUT2D eigenvalue weighted by Gasteiger charge is -2.09. The Morgan fingerprint density at radius 3 is 2.11 bits per heavy atom. The molecule has 0 aliphatic rings. The number of hydrazine groups is 1. The van der Waals surface area contributed by atoms with Crippen molar-refractivity contribution >= 4 is 27.7 Å². The van der Waals surface area contributed by atoms with Crippen LogP contribution < -0.4 is 15.6 Å². The molecular weight excluding hydrogens is 420 g/mol. The van der Waals surface area contributed by atoms with E-state index in [4.69, 9.17) is 4.74 Å². The predicted molar refractivity (Wildman–Crippen MR) is 111 cm³/mol. The number of carbonyl (C=O) groups is 2. The van der Waals surface area contributed by atoms with Crippen LogP contribution in [0.15, 0.2) is 77.3 Å². The van der Waals surface area contributed by atoms with Crippen molar-refractivity contribution in [2.75, 3.05) is 0 Å². The Hall–Kier alpha value is -3.12. The number of aryl methyl sites for hydroxylation is 1. The van der Waals surface area contributed by atoms with Crippen LogP contribution in [0.4, 0.5) is 0 Å². The summed E-state index contributed by atoms with van der Waals surface area (Å²) in [6.45, 7) is 2.38. The summed E-state index contributed by atoms with van der Waals surface area (Å²) in [5.74, 6) is -0.139. The number of hydrogen-bond acceptors (Lipinski definition) is 3. The average Bonchev–Trinajstić information content (AvgIpc) is 2.73. The smallest absolute Gasteiger partial charge is 0.269 e. The molecule has 0 radical (unpaired) electrons. The van der Waals surface area contributed by atoms with Crippen LogP contribution >= 0.6 is 15.9 Å². The lowest BCUT2D eigenvalue weighted by Crippen LogP contribution is -2.41. The summed E-state index contributed by atoms with van der Waals surface area (Å²) in [6.07, 6.45) is 0. The van der Waals surface area contributed by atoms with Crippen LogP contribution in [-0.4, -0.2) is 11.8 Å². The van der Waals surface area contributed by atoms with Gasteiger partial charge in [-0.25, -0.2) is 0 Å². The molecule has 3 aromatic rings. The first kappa shape index (κ1) is 19.6. The molecule has 0 aromatic heterocycles. The summed E-state index contributed by atoms with van der Waals surface area (Å²) in [7, 11) is 0. The highest BCUT2D eigenvalue weighted by Gasteiger charge is 2.10. The highest BCUT2D eigenvalue weighted by atomic mass is 79.9. The van der Waals surface area contributed by atoms with Crippen LogP contribution in [0.5, 0.6) is 5.75 Å². The quantitative estimate of drug-likeness (QED) is 0.579. The molecule has 0 spiro atoms. The average molecular weight is 439 g/mol. The van der Waals surface area contributed by atoms with Gasteiger partial charge in [0.2, 0.25) is 0 Å². The summed E-state index contributed by atoms with van der Waals surface area (Å²) in [4.78, 5) is 24.4. The van der Waals surface area contributed by atoms with Crippen molar-refractivity contribution in [1.29, 1.82) is 0 Å². The second-order valence-corrected chi connectivity index (χ2v) is 7.03. The summed E-state index contributed by atoms with van der Waals surface area (Å²) < 4.78 is 6.53. The summed E-state index contributed by atoms with van der Waals surface area (Å²) in [6, 6.07) is 21.8. The Bertz CT molecular complexity index is 973. The fourth-order valence-electron chi connectivity index (χ4n) is 2.44. The summed E-state index contributed by atoms with van der Waals surface area (Å²) in [5.41, 5.74) is 7.78. The lowest BCUT2D eigenvalue weighted by molar-refractivity contribution is 0.0846. The minimum atomic E-state index is -0.408. The third-order valence-electron chi connectivity index (χ3n) is 4.09. The molecule has 2 N–H and O–H groups in total. The van der Waals surface area contributed by atoms with Gasteiger partial charge in [0.25, 0.3) is 11.8 Å². The number of rotatable bonds is 5. The molecule has 142 valence electrons. The molecule has 6 heteroatoms. The van der Waals surface area contributed by atoms with E-state index in [0.29, 0.717) is 23.5 Å². The van der Waals surface area contributed by atoms with Crippen LogP contribution in [0.2, 0.25) is 0 Å². The zero-order chi connectivity index (χ0) is 19.9. The minimum absolute atomic E-state index is 0.392. The van der Waals surface area contributed by atoms with Crippen LogP contribution in [0.1, 0.15) is 31.8 Å². The molecule has 0 atom stereocenters. The maximum Gasteiger partial charge on any atom is 0.269 e. The molecule has 0 saturated carbocycles. The Morgan fingerprint density at radius 1 is 0.857 bits per heavy atom. The fourth-order valence-corrected chi connectivity index (χ4v) is 2.81. The number of amides is 2. The van der Waals surface area contributed by atoms with E-state index in [2.05, 4.69) is 26.8 Å². The number of carbonyl (C=O) groups excluding carboxylic acids is 2. The van der Waals surface area contributed by atoms with Crippen molar-refractivity contribution < 1.29 is 14.3 Å². The maximum absolute atomic E-state index is 12.2. The van der Waals surface area contributed by atoms with Crippen LogP contribution in [0.3, 0.4) is 0 Å². The van der Waals surface area contributed by atoms with E-state index >= 15 is 0 Å². The zero-order valence-electron chi connectivity index (χ0n) is 15.2. The van der Waals surface area contributed by atoms with Crippen molar-refractivity contribution in [3.8, 4) is 5.75 Å². The molecule has 2 amide bonds. The fraction of sp³-hybridized carbons (Fsp3) is 0.0909. The van der Waals surface area contributed by atoms with Crippen molar-refractivity contribution in [2.45, 2.75) is 13.5 Å². The van der Waals surface area contributed by atoms with Gasteiger partial charge in [0.05, 0.1) is 0 Å². The molecule has 0 heterocycles. The monoisotopic (exact) mass is 438 g/mol. The van der Waals surface area contributed by atoms with Gasteiger partial charge in [0, 0.05) is 15.6 Å². The normalized spacial score (nSPS) is 10.2. The van der Waals surface area contributed by atoms with Gasteiger partial charge in [0.15, 0.2) is 0 Å². The highest BCUT2D eigenvalue weighted by Crippen LogP contribution is 2.17. The molecule has 3 aromatic carbocycles. The van der Waals surface area contributed by atoms with E-state index in [0.717, 1.165) is 15.6 Å². The van der Waals surface area contributed by atoms with E-state index in [1.807, 2.05) is 43.3 Å². The molecule has 0 aliphatic carbocycles. The number of hydrogen-bond donors (Lipinski definition) is 2. The van der Waals surface area contributed by atoms with Gasteiger partial charge in [-0.15, -0.1) is 0 Å². The van der Waals surface area contributed by atoms with E-state index in [1.54, 1.807) is 36.4 Å². The van der Waals surface area contributed by atoms with Gasteiger partial charge in [-0.2, -0.15) is 0 Å². The van der Waals surface area contributed by atoms with Gasteiger partial charge >= 0.3 is 0 Å². The molecule has 0 bridgehead atoms. The minimum Gasteiger partial charge on any atom is -0.489 e. The van der Waals surface area contributed by atoms with Gasteiger partial charge in [-0.05, 0) is 54.4 Å². The van der Waals surface area contributed by atoms with Crippen LogP contribution in [-0.2, 0) is 6.61 Å². The van der Waals surface area contributed by atoms with E-state index in [9.17, 15) is 9.59 Å². The Morgan fingerprint density at radius 2 is 1.46 bits per heavy atom. The van der Waals surface area contributed by atoms with E-state index in [1.165, 1.54) is 0 Å². The first-order valence-electron chi connectivity index (χ1n) is 8.66. The number of ether oxygens (including phenoxy) is 1. The van der Waals surface area contributed by atoms with Crippen molar-refractivity contribution in [2.24, 2.45) is 0 Å². The van der Waals surface area contributed by atoms with Gasteiger partial charge in [0.1, 0.15) is 12.4 Å². The van der Waals surface area contributed by atoms with Crippen molar-refractivity contribution in [3.63, 3.8) is 0 Å². The highest BCUT2D eigenvalue weighted by molar-refractivity contribution is 9.10. The third-order valence-corrected chi connectivity index (χ3v) is 4.94. The molecule has 0 aliphatic heterocycles. The predicted octanol–water partition coefficient (Wildman–Crippen LogP) is 4.41. The molecule has 0 unspecified atom stereocenters. The van der Waals surface area contributed by atoms with Crippen molar-refractivity contribution in [1.82, 2.24) is 10.9 Å². The van der Waals surface area contributed by atoms with Crippen LogP contribution in [0.25, 0.3) is 0 Å². The molecule has 28 heavy (non-hydrogen) atoms. The Labute approximate surface area is 171 Å². The third kappa shape index (κ3) is 5.20. The first-order chi connectivity index (χ1) is 13.5. The zero-order valence-corrected chi connectivity index (χ0v) is 16.8. The van der Waals surface area contributed by atoms with Crippen molar-refractivity contribution in [3.05, 3.63) is 99.5 Å². The molecule has 5 nitrogen and oxygen atoms in total. The maximum atomic E-state index is 12.2. The standard InChI is InChI=1S/C22H19BrN2O3/c1-15-7-8-18(13-20(15)23)22(27)25-24-21(26)17-9-11-19(12-10-17)28-14-16-5-3-2-4-6-16/h2-13H,14H2,1H3,(H,24,26)(H,25,27). The number of halogens is 1.